The lowest BCUT2D eigenvalue weighted by Gasteiger charge is -2.15. The van der Waals surface area contributed by atoms with E-state index in [1.165, 1.54) is 5.56 Å². The van der Waals surface area contributed by atoms with Gasteiger partial charge in [0.1, 0.15) is 0 Å². The Morgan fingerprint density at radius 3 is 2.53 bits per heavy atom. The summed E-state index contributed by atoms with van der Waals surface area (Å²) in [7, 11) is 0. The van der Waals surface area contributed by atoms with Gasteiger partial charge in [0.15, 0.2) is 0 Å². The van der Waals surface area contributed by atoms with Gasteiger partial charge in [0.2, 0.25) is 0 Å². The van der Waals surface area contributed by atoms with Crippen LogP contribution in [-0.4, -0.2) is 6.54 Å². The molecule has 100 valence electrons. The molecular formula is C16H17BrClN. The van der Waals surface area contributed by atoms with E-state index >= 15 is 0 Å². The lowest BCUT2D eigenvalue weighted by molar-refractivity contribution is 0.598. The third-order valence-corrected chi connectivity index (χ3v) is 3.96. The van der Waals surface area contributed by atoms with Crippen LogP contribution >= 0.6 is 27.5 Å². The highest BCUT2D eigenvalue weighted by Crippen LogP contribution is 2.30. The first-order chi connectivity index (χ1) is 9.11. The molecule has 0 saturated carbocycles. The molecule has 0 aromatic heterocycles. The topological polar surface area (TPSA) is 12.0 Å². The lowest BCUT2D eigenvalue weighted by Crippen LogP contribution is -2.17. The Kier molecular flexibility index (Phi) is 5.03. The number of nitrogens with one attached hydrogen (secondary N) is 1. The van der Waals surface area contributed by atoms with E-state index in [9.17, 15) is 0 Å². The zero-order chi connectivity index (χ0) is 13.8. The third kappa shape index (κ3) is 3.59. The van der Waals surface area contributed by atoms with E-state index in [1.807, 2.05) is 18.2 Å². The molecule has 0 heterocycles. The maximum absolute atomic E-state index is 6.40. The van der Waals surface area contributed by atoms with Crippen molar-refractivity contribution in [3.8, 4) is 11.1 Å². The van der Waals surface area contributed by atoms with Gasteiger partial charge < -0.3 is 5.32 Å². The van der Waals surface area contributed by atoms with Crippen molar-refractivity contribution in [1.29, 1.82) is 0 Å². The van der Waals surface area contributed by atoms with Crippen molar-refractivity contribution in [3.05, 3.63) is 57.5 Å². The summed E-state index contributed by atoms with van der Waals surface area (Å²) >= 11 is 9.89. The van der Waals surface area contributed by atoms with Crippen LogP contribution in [0.2, 0.25) is 5.02 Å². The first kappa shape index (κ1) is 14.6. The molecule has 2 rings (SSSR count). The number of benzene rings is 2. The highest BCUT2D eigenvalue weighted by molar-refractivity contribution is 9.10. The molecule has 0 bridgehead atoms. The summed E-state index contributed by atoms with van der Waals surface area (Å²) < 4.78 is 1.08. The second-order valence-electron chi connectivity index (χ2n) is 4.53. The monoisotopic (exact) mass is 337 g/mol. The Bertz CT molecular complexity index is 568. The van der Waals surface area contributed by atoms with E-state index in [2.05, 4.69) is 59.4 Å². The molecule has 0 spiro atoms. The van der Waals surface area contributed by atoms with E-state index < -0.39 is 0 Å². The molecule has 0 fully saturated rings. The van der Waals surface area contributed by atoms with Gasteiger partial charge in [-0.2, -0.15) is 0 Å². The molecule has 0 aliphatic heterocycles. The van der Waals surface area contributed by atoms with Crippen LogP contribution in [0.3, 0.4) is 0 Å². The van der Waals surface area contributed by atoms with Crippen LogP contribution in [0.15, 0.2) is 46.9 Å². The highest BCUT2D eigenvalue weighted by Gasteiger charge is 2.09. The van der Waals surface area contributed by atoms with E-state index in [1.54, 1.807) is 0 Å². The van der Waals surface area contributed by atoms with Crippen LogP contribution in [-0.2, 0) is 0 Å². The first-order valence-electron chi connectivity index (χ1n) is 6.40. The molecule has 1 nitrogen and oxygen atoms in total. The summed E-state index contributed by atoms with van der Waals surface area (Å²) in [5.74, 6) is 0. The Morgan fingerprint density at radius 2 is 1.89 bits per heavy atom. The summed E-state index contributed by atoms with van der Waals surface area (Å²) in [5, 5.41) is 4.19. The van der Waals surface area contributed by atoms with E-state index in [4.69, 9.17) is 11.6 Å². The predicted molar refractivity (Wildman–Crippen MR) is 86.7 cm³/mol. The minimum absolute atomic E-state index is 0.272. The molecule has 0 aliphatic carbocycles. The van der Waals surface area contributed by atoms with Crippen LogP contribution in [0.1, 0.15) is 25.5 Å². The van der Waals surface area contributed by atoms with Gasteiger partial charge in [-0.05, 0) is 48.4 Å². The Balaban J connectivity index is 2.33. The maximum Gasteiger partial charge on any atom is 0.0459 e. The highest BCUT2D eigenvalue weighted by atomic mass is 79.9. The van der Waals surface area contributed by atoms with Crippen molar-refractivity contribution in [2.75, 3.05) is 6.54 Å². The average molecular weight is 339 g/mol. The molecule has 1 unspecified atom stereocenters. The van der Waals surface area contributed by atoms with E-state index in [0.29, 0.717) is 0 Å². The summed E-state index contributed by atoms with van der Waals surface area (Å²) in [6.45, 7) is 5.16. The molecular weight excluding hydrogens is 322 g/mol. The van der Waals surface area contributed by atoms with Crippen LogP contribution in [0.25, 0.3) is 11.1 Å². The van der Waals surface area contributed by atoms with Gasteiger partial charge in [-0.1, -0.05) is 58.7 Å². The fourth-order valence-electron chi connectivity index (χ4n) is 2.14. The maximum atomic E-state index is 6.40. The molecule has 19 heavy (non-hydrogen) atoms. The van der Waals surface area contributed by atoms with Gasteiger partial charge in [0, 0.05) is 15.5 Å². The van der Waals surface area contributed by atoms with Crippen molar-refractivity contribution in [1.82, 2.24) is 5.32 Å². The van der Waals surface area contributed by atoms with Crippen molar-refractivity contribution in [2.24, 2.45) is 0 Å². The lowest BCUT2D eigenvalue weighted by atomic mass is 10.0. The van der Waals surface area contributed by atoms with Gasteiger partial charge in [0.25, 0.3) is 0 Å². The second-order valence-corrected chi connectivity index (χ2v) is 5.85. The Hall–Kier alpha value is -0.830. The van der Waals surface area contributed by atoms with Crippen molar-refractivity contribution in [2.45, 2.75) is 19.9 Å². The average Bonchev–Trinajstić information content (AvgIpc) is 2.38. The van der Waals surface area contributed by atoms with E-state index in [0.717, 1.165) is 27.2 Å². The summed E-state index contributed by atoms with van der Waals surface area (Å²) in [5.41, 5.74) is 3.44. The number of rotatable bonds is 4. The summed E-state index contributed by atoms with van der Waals surface area (Å²) in [6, 6.07) is 14.8. The normalized spacial score (nSPS) is 12.4. The zero-order valence-electron chi connectivity index (χ0n) is 11.1. The standard InChI is InChI=1S/C16H17BrClN/c1-3-19-11(2)15-8-7-13(10-16(15)18)12-5-4-6-14(17)9-12/h4-11,19H,3H2,1-2H3. The smallest absolute Gasteiger partial charge is 0.0459 e. The van der Waals surface area contributed by atoms with Gasteiger partial charge in [-0.3, -0.25) is 0 Å². The zero-order valence-corrected chi connectivity index (χ0v) is 13.4. The molecule has 0 saturated heterocycles. The Labute approximate surface area is 128 Å². The molecule has 0 radical (unpaired) electrons. The van der Waals surface area contributed by atoms with Gasteiger partial charge >= 0.3 is 0 Å². The third-order valence-electron chi connectivity index (χ3n) is 3.14. The van der Waals surface area contributed by atoms with Crippen LogP contribution < -0.4 is 5.32 Å². The van der Waals surface area contributed by atoms with Crippen LogP contribution in [0, 0.1) is 0 Å². The molecule has 3 heteroatoms. The molecule has 1 atom stereocenters. The van der Waals surface area contributed by atoms with Gasteiger partial charge in [0.05, 0.1) is 0 Å². The Morgan fingerprint density at radius 1 is 1.16 bits per heavy atom. The summed E-state index contributed by atoms with van der Waals surface area (Å²) in [4.78, 5) is 0. The number of hydrogen-bond donors (Lipinski definition) is 1. The van der Waals surface area contributed by atoms with Crippen molar-refractivity contribution >= 4 is 27.5 Å². The fourth-order valence-corrected chi connectivity index (χ4v) is 2.89. The fraction of sp³-hybridized carbons (Fsp3) is 0.250. The van der Waals surface area contributed by atoms with Gasteiger partial charge in [-0.15, -0.1) is 0 Å². The minimum Gasteiger partial charge on any atom is -0.310 e. The van der Waals surface area contributed by atoms with Gasteiger partial charge in [-0.25, -0.2) is 0 Å². The molecule has 2 aromatic carbocycles. The second kappa shape index (κ2) is 6.56. The molecule has 0 aliphatic rings. The predicted octanol–water partition coefficient (Wildman–Crippen LogP) is 5.44. The van der Waals surface area contributed by atoms with Crippen LogP contribution in [0.4, 0.5) is 0 Å². The largest absolute Gasteiger partial charge is 0.310 e. The SMILES string of the molecule is CCNC(C)c1ccc(-c2cccc(Br)c2)cc1Cl. The number of halogens is 2. The van der Waals surface area contributed by atoms with Crippen LogP contribution in [0.5, 0.6) is 0 Å². The minimum atomic E-state index is 0.272. The van der Waals surface area contributed by atoms with E-state index in [-0.39, 0.29) is 6.04 Å². The quantitative estimate of drug-likeness (QED) is 0.782. The molecule has 0 amide bonds. The van der Waals surface area contributed by atoms with Crippen molar-refractivity contribution < 1.29 is 0 Å². The summed E-state index contributed by atoms with van der Waals surface area (Å²) in [6.07, 6.45) is 0. The molecule has 1 N–H and O–H groups in total. The molecule has 2 aromatic rings. The van der Waals surface area contributed by atoms with Crippen molar-refractivity contribution in [3.63, 3.8) is 0 Å². The number of hydrogen-bond acceptors (Lipinski definition) is 1. The first-order valence-corrected chi connectivity index (χ1v) is 7.57.